The monoisotopic (exact) mass is 305 g/mol. The number of rotatable bonds is 4. The number of aromatic amines is 1. The number of nitrogens with zero attached hydrogens (tertiary/aromatic N) is 1. The third-order valence-electron chi connectivity index (χ3n) is 3.38. The summed E-state index contributed by atoms with van der Waals surface area (Å²) >= 11 is 5.98. The average Bonchev–Trinajstić information content (AvgIpc) is 2.98. The highest BCUT2D eigenvalue weighted by Gasteiger charge is 2.15. The van der Waals surface area contributed by atoms with Crippen LogP contribution in [0.25, 0.3) is 11.3 Å². The van der Waals surface area contributed by atoms with Crippen LogP contribution >= 0.6 is 11.6 Å². The zero-order valence-corrected chi connectivity index (χ0v) is 12.2. The molecule has 21 heavy (non-hydrogen) atoms. The van der Waals surface area contributed by atoms with E-state index in [1.54, 1.807) is 12.1 Å². The number of ether oxygens (including phenoxy) is 1. The molecule has 1 aliphatic rings. The molecule has 1 atom stereocenters. The quantitative estimate of drug-likeness (QED) is 0.911. The first-order valence-corrected chi connectivity index (χ1v) is 7.31. The molecule has 110 valence electrons. The summed E-state index contributed by atoms with van der Waals surface area (Å²) in [6, 6.07) is 8.74. The molecule has 1 saturated heterocycles. The normalized spacial score (nSPS) is 17.9. The summed E-state index contributed by atoms with van der Waals surface area (Å²) in [5.41, 5.74) is 1.21. The highest BCUT2D eigenvalue weighted by molar-refractivity contribution is 6.30. The van der Waals surface area contributed by atoms with Crippen molar-refractivity contribution in [2.75, 3.05) is 18.5 Å². The van der Waals surface area contributed by atoms with Crippen LogP contribution in [0.2, 0.25) is 5.02 Å². The van der Waals surface area contributed by atoms with E-state index in [0.717, 1.165) is 25.0 Å². The maximum Gasteiger partial charge on any atom is 0.252 e. The van der Waals surface area contributed by atoms with Gasteiger partial charge in [-0.1, -0.05) is 23.7 Å². The Morgan fingerprint density at radius 1 is 1.43 bits per heavy atom. The number of halogens is 1. The molecule has 0 radical (unpaired) electrons. The van der Waals surface area contributed by atoms with Gasteiger partial charge in [0, 0.05) is 29.8 Å². The summed E-state index contributed by atoms with van der Waals surface area (Å²) in [6.07, 6.45) is 2.30. The topological polar surface area (TPSA) is 67.0 Å². The second-order valence-corrected chi connectivity index (χ2v) is 5.44. The van der Waals surface area contributed by atoms with E-state index in [0.29, 0.717) is 23.2 Å². The first-order chi connectivity index (χ1) is 10.2. The number of aromatic nitrogens is 2. The van der Waals surface area contributed by atoms with Crippen molar-refractivity contribution in [1.29, 1.82) is 0 Å². The highest BCUT2D eigenvalue weighted by Crippen LogP contribution is 2.20. The molecule has 6 heteroatoms. The van der Waals surface area contributed by atoms with Crippen molar-refractivity contribution in [2.24, 2.45) is 0 Å². The van der Waals surface area contributed by atoms with E-state index in [-0.39, 0.29) is 11.7 Å². The van der Waals surface area contributed by atoms with Gasteiger partial charge in [0.2, 0.25) is 5.95 Å². The van der Waals surface area contributed by atoms with Crippen molar-refractivity contribution < 1.29 is 4.74 Å². The minimum Gasteiger partial charge on any atom is -0.376 e. The van der Waals surface area contributed by atoms with Gasteiger partial charge in [-0.3, -0.25) is 9.78 Å². The van der Waals surface area contributed by atoms with Gasteiger partial charge in [0.05, 0.1) is 11.8 Å². The SMILES string of the molecule is O=c1cc(-c2cccc(Cl)c2)nc(NCC2CCCO2)[nH]1. The lowest BCUT2D eigenvalue weighted by atomic mass is 10.1. The Morgan fingerprint density at radius 3 is 3.10 bits per heavy atom. The fourth-order valence-electron chi connectivity index (χ4n) is 2.35. The summed E-state index contributed by atoms with van der Waals surface area (Å²) in [4.78, 5) is 18.9. The Bertz CT molecular complexity index is 681. The number of benzene rings is 1. The fraction of sp³-hybridized carbons (Fsp3) is 0.333. The molecule has 1 aromatic heterocycles. The van der Waals surface area contributed by atoms with E-state index in [9.17, 15) is 4.79 Å². The molecule has 3 rings (SSSR count). The molecule has 0 amide bonds. The van der Waals surface area contributed by atoms with Crippen LogP contribution in [0, 0.1) is 0 Å². The van der Waals surface area contributed by atoms with Gasteiger partial charge in [-0.15, -0.1) is 0 Å². The van der Waals surface area contributed by atoms with Gasteiger partial charge in [0.15, 0.2) is 0 Å². The predicted molar refractivity (Wildman–Crippen MR) is 82.8 cm³/mol. The van der Waals surface area contributed by atoms with Crippen molar-refractivity contribution in [3.63, 3.8) is 0 Å². The van der Waals surface area contributed by atoms with Crippen LogP contribution < -0.4 is 10.9 Å². The van der Waals surface area contributed by atoms with Crippen LogP contribution in [0.1, 0.15) is 12.8 Å². The van der Waals surface area contributed by atoms with Gasteiger partial charge < -0.3 is 10.1 Å². The van der Waals surface area contributed by atoms with Crippen LogP contribution in [-0.2, 0) is 4.74 Å². The molecule has 0 bridgehead atoms. The van der Waals surface area contributed by atoms with Crippen molar-refractivity contribution in [2.45, 2.75) is 18.9 Å². The van der Waals surface area contributed by atoms with Gasteiger partial charge in [0.1, 0.15) is 0 Å². The fourth-order valence-corrected chi connectivity index (χ4v) is 2.54. The molecule has 5 nitrogen and oxygen atoms in total. The van der Waals surface area contributed by atoms with E-state index in [1.807, 2.05) is 12.1 Å². The largest absolute Gasteiger partial charge is 0.376 e. The molecule has 1 unspecified atom stereocenters. The zero-order valence-electron chi connectivity index (χ0n) is 11.4. The first kappa shape index (κ1) is 14.1. The molecule has 1 fully saturated rings. The minimum absolute atomic E-state index is 0.185. The maximum absolute atomic E-state index is 11.8. The van der Waals surface area contributed by atoms with Gasteiger partial charge >= 0.3 is 0 Å². The van der Waals surface area contributed by atoms with Crippen LogP contribution in [0.3, 0.4) is 0 Å². The standard InChI is InChI=1S/C15H16ClN3O2/c16-11-4-1-3-10(7-11)13-8-14(20)19-15(18-13)17-9-12-5-2-6-21-12/h1,3-4,7-8,12H,2,5-6,9H2,(H2,17,18,19,20). The molecule has 0 spiro atoms. The van der Waals surface area contributed by atoms with Crippen LogP contribution in [-0.4, -0.2) is 29.2 Å². The smallest absolute Gasteiger partial charge is 0.252 e. The van der Waals surface area contributed by atoms with Crippen molar-refractivity contribution >= 4 is 17.5 Å². The first-order valence-electron chi connectivity index (χ1n) is 6.93. The summed E-state index contributed by atoms with van der Waals surface area (Å²) in [5, 5.41) is 3.74. The Morgan fingerprint density at radius 2 is 2.33 bits per heavy atom. The molecular formula is C15H16ClN3O2. The lowest BCUT2D eigenvalue weighted by Gasteiger charge is -2.11. The number of hydrogen-bond donors (Lipinski definition) is 2. The molecule has 1 aromatic carbocycles. The Hall–Kier alpha value is -1.85. The molecule has 2 N–H and O–H groups in total. The molecule has 2 aromatic rings. The molecule has 2 heterocycles. The van der Waals surface area contributed by atoms with Gasteiger partial charge in [-0.05, 0) is 25.0 Å². The average molecular weight is 306 g/mol. The summed E-state index contributed by atoms with van der Waals surface area (Å²) in [6.45, 7) is 1.45. The summed E-state index contributed by atoms with van der Waals surface area (Å²) < 4.78 is 5.54. The van der Waals surface area contributed by atoms with E-state index >= 15 is 0 Å². The second-order valence-electron chi connectivity index (χ2n) is 5.01. The third kappa shape index (κ3) is 3.62. The van der Waals surface area contributed by atoms with E-state index in [4.69, 9.17) is 16.3 Å². The Balaban J connectivity index is 1.80. The van der Waals surface area contributed by atoms with Crippen molar-refractivity contribution in [3.8, 4) is 11.3 Å². The van der Waals surface area contributed by atoms with Crippen LogP contribution in [0.15, 0.2) is 35.1 Å². The zero-order chi connectivity index (χ0) is 14.7. The van der Waals surface area contributed by atoms with E-state index < -0.39 is 0 Å². The van der Waals surface area contributed by atoms with Gasteiger partial charge in [0.25, 0.3) is 5.56 Å². The number of H-pyrrole nitrogens is 1. The second kappa shape index (κ2) is 6.28. The van der Waals surface area contributed by atoms with E-state index in [2.05, 4.69) is 15.3 Å². The van der Waals surface area contributed by atoms with Gasteiger partial charge in [-0.2, -0.15) is 0 Å². The Labute approximate surface area is 127 Å². The minimum atomic E-state index is -0.199. The highest BCUT2D eigenvalue weighted by atomic mass is 35.5. The number of hydrogen-bond acceptors (Lipinski definition) is 4. The van der Waals surface area contributed by atoms with Crippen molar-refractivity contribution in [3.05, 3.63) is 45.7 Å². The maximum atomic E-state index is 11.8. The third-order valence-corrected chi connectivity index (χ3v) is 3.62. The predicted octanol–water partition coefficient (Wildman–Crippen LogP) is 2.68. The lowest BCUT2D eigenvalue weighted by molar-refractivity contribution is 0.120. The lowest BCUT2D eigenvalue weighted by Crippen LogP contribution is -2.21. The Kier molecular flexibility index (Phi) is 4.22. The summed E-state index contributed by atoms with van der Waals surface area (Å²) in [5.74, 6) is 0.452. The van der Waals surface area contributed by atoms with Crippen molar-refractivity contribution in [1.82, 2.24) is 9.97 Å². The molecule has 0 saturated carbocycles. The number of nitrogens with one attached hydrogen (secondary N) is 2. The molecule has 1 aliphatic heterocycles. The van der Waals surface area contributed by atoms with Crippen LogP contribution in [0.5, 0.6) is 0 Å². The molecular weight excluding hydrogens is 290 g/mol. The van der Waals surface area contributed by atoms with Crippen LogP contribution in [0.4, 0.5) is 5.95 Å². The number of anilines is 1. The summed E-state index contributed by atoms with van der Waals surface area (Å²) in [7, 11) is 0. The molecule has 0 aliphatic carbocycles. The van der Waals surface area contributed by atoms with E-state index in [1.165, 1.54) is 6.07 Å². The van der Waals surface area contributed by atoms with Gasteiger partial charge in [-0.25, -0.2) is 4.98 Å².